The second kappa shape index (κ2) is 5.58. The molecule has 0 aliphatic heterocycles. The summed E-state index contributed by atoms with van der Waals surface area (Å²) in [6.45, 7) is 0. The number of nitrogens with zero attached hydrogens (tertiary/aromatic N) is 1. The fourth-order valence-electron chi connectivity index (χ4n) is 1.53. The molecule has 0 atom stereocenters. The van der Waals surface area contributed by atoms with E-state index >= 15 is 0 Å². The summed E-state index contributed by atoms with van der Waals surface area (Å²) in [6, 6.07) is 5.18. The number of hydrogen-bond donors (Lipinski definition) is 3. The number of rotatable bonds is 3. The van der Waals surface area contributed by atoms with E-state index in [1.807, 2.05) is 0 Å². The largest absolute Gasteiger partial charge is 0.507 e. The van der Waals surface area contributed by atoms with Crippen molar-refractivity contribution in [3.8, 4) is 5.75 Å². The van der Waals surface area contributed by atoms with Crippen molar-refractivity contribution in [3.05, 3.63) is 52.8 Å². The second-order valence-corrected chi connectivity index (χ2v) is 4.25. The van der Waals surface area contributed by atoms with E-state index in [9.17, 15) is 14.7 Å². The Bertz CT molecular complexity index is 688. The molecule has 0 fully saturated rings. The Kier molecular flexibility index (Phi) is 3.86. The van der Waals surface area contributed by atoms with Crippen molar-refractivity contribution in [2.24, 2.45) is 0 Å². The lowest BCUT2D eigenvalue weighted by molar-refractivity contribution is 0.0693. The molecule has 2 rings (SSSR count). The minimum atomic E-state index is -1.29. The van der Waals surface area contributed by atoms with Crippen LogP contribution in [0.2, 0.25) is 5.02 Å². The lowest BCUT2D eigenvalue weighted by atomic mass is 10.1. The third kappa shape index (κ3) is 2.86. The molecule has 3 N–H and O–H groups in total. The van der Waals surface area contributed by atoms with Gasteiger partial charge in [-0.3, -0.25) is 9.78 Å². The Morgan fingerprint density at radius 3 is 2.60 bits per heavy atom. The van der Waals surface area contributed by atoms with Crippen LogP contribution in [-0.2, 0) is 0 Å². The molecular weight excluding hydrogens is 284 g/mol. The highest BCUT2D eigenvalue weighted by Crippen LogP contribution is 2.22. The SMILES string of the molecule is O=C(O)c1cc(NC(=O)c2cnccc2Cl)ccc1O. The van der Waals surface area contributed by atoms with Gasteiger partial charge < -0.3 is 15.5 Å². The van der Waals surface area contributed by atoms with E-state index in [0.717, 1.165) is 6.07 Å². The summed E-state index contributed by atoms with van der Waals surface area (Å²) in [5, 5.41) is 21.0. The van der Waals surface area contributed by atoms with Gasteiger partial charge in [0.2, 0.25) is 0 Å². The molecular formula is C13H9ClN2O4. The lowest BCUT2D eigenvalue weighted by Gasteiger charge is -2.08. The highest BCUT2D eigenvalue weighted by molar-refractivity contribution is 6.34. The Hall–Kier alpha value is -2.60. The second-order valence-electron chi connectivity index (χ2n) is 3.85. The summed E-state index contributed by atoms with van der Waals surface area (Å²) in [5.41, 5.74) is 0.0873. The van der Waals surface area contributed by atoms with E-state index < -0.39 is 11.9 Å². The summed E-state index contributed by atoms with van der Waals surface area (Å²) < 4.78 is 0. The van der Waals surface area contributed by atoms with Gasteiger partial charge in [-0.2, -0.15) is 0 Å². The van der Waals surface area contributed by atoms with Crippen LogP contribution >= 0.6 is 11.6 Å². The van der Waals surface area contributed by atoms with Crippen LogP contribution < -0.4 is 5.32 Å². The molecule has 0 aliphatic rings. The lowest BCUT2D eigenvalue weighted by Crippen LogP contribution is -2.13. The van der Waals surface area contributed by atoms with Gasteiger partial charge in [0.05, 0.1) is 10.6 Å². The number of anilines is 1. The van der Waals surface area contributed by atoms with Crippen LogP contribution in [0.3, 0.4) is 0 Å². The van der Waals surface area contributed by atoms with Crippen LogP contribution in [0.5, 0.6) is 5.75 Å². The first-order valence-corrected chi connectivity index (χ1v) is 5.84. The maximum atomic E-state index is 12.0. The van der Waals surface area contributed by atoms with E-state index in [2.05, 4.69) is 10.3 Å². The molecule has 0 saturated carbocycles. The van der Waals surface area contributed by atoms with Gasteiger partial charge >= 0.3 is 5.97 Å². The van der Waals surface area contributed by atoms with Gasteiger partial charge in [0.15, 0.2) is 0 Å². The Morgan fingerprint density at radius 2 is 1.95 bits per heavy atom. The summed E-state index contributed by atoms with van der Waals surface area (Å²) in [7, 11) is 0. The molecule has 20 heavy (non-hydrogen) atoms. The molecule has 0 saturated heterocycles. The number of carboxylic acids is 1. The van der Waals surface area contributed by atoms with Crippen molar-refractivity contribution in [1.29, 1.82) is 0 Å². The number of aromatic nitrogens is 1. The van der Waals surface area contributed by atoms with Crippen molar-refractivity contribution in [2.75, 3.05) is 5.32 Å². The number of pyridine rings is 1. The fourth-order valence-corrected chi connectivity index (χ4v) is 1.72. The van der Waals surface area contributed by atoms with Crippen molar-refractivity contribution in [1.82, 2.24) is 4.98 Å². The summed E-state index contributed by atoms with van der Waals surface area (Å²) >= 11 is 5.86. The highest BCUT2D eigenvalue weighted by atomic mass is 35.5. The van der Waals surface area contributed by atoms with Crippen LogP contribution in [0.1, 0.15) is 20.7 Å². The molecule has 7 heteroatoms. The molecule has 0 aliphatic carbocycles. The number of phenols is 1. The normalized spacial score (nSPS) is 10.1. The van der Waals surface area contributed by atoms with E-state index in [1.54, 1.807) is 0 Å². The molecule has 1 amide bonds. The van der Waals surface area contributed by atoms with Crippen molar-refractivity contribution < 1.29 is 19.8 Å². The standard InChI is InChI=1S/C13H9ClN2O4/c14-10-3-4-15-6-9(10)12(18)16-7-1-2-11(17)8(5-7)13(19)20/h1-6,17H,(H,16,18)(H,19,20). The van der Waals surface area contributed by atoms with Crippen LogP contribution in [0.4, 0.5) is 5.69 Å². The third-order valence-corrected chi connectivity index (χ3v) is 2.83. The summed E-state index contributed by atoms with van der Waals surface area (Å²) in [4.78, 5) is 26.6. The van der Waals surface area contributed by atoms with Gasteiger partial charge in [0.1, 0.15) is 11.3 Å². The van der Waals surface area contributed by atoms with Crippen LogP contribution in [0, 0.1) is 0 Å². The van der Waals surface area contributed by atoms with Gasteiger partial charge in [-0.25, -0.2) is 4.79 Å². The monoisotopic (exact) mass is 292 g/mol. The first-order chi connectivity index (χ1) is 9.49. The number of carbonyl (C=O) groups is 2. The van der Waals surface area contributed by atoms with Crippen molar-refractivity contribution in [2.45, 2.75) is 0 Å². The van der Waals surface area contributed by atoms with E-state index in [4.69, 9.17) is 16.7 Å². The number of halogens is 1. The molecule has 6 nitrogen and oxygen atoms in total. The number of carbonyl (C=O) groups excluding carboxylic acids is 1. The number of nitrogens with one attached hydrogen (secondary N) is 1. The first kappa shape index (κ1) is 13.8. The van der Waals surface area contributed by atoms with E-state index in [0.29, 0.717) is 0 Å². The molecule has 0 bridgehead atoms. The van der Waals surface area contributed by atoms with Gasteiger partial charge in [-0.1, -0.05) is 11.6 Å². The maximum Gasteiger partial charge on any atom is 0.339 e. The molecule has 2 aromatic rings. The molecule has 1 aromatic heterocycles. The average molecular weight is 293 g/mol. The molecule has 0 radical (unpaired) electrons. The molecule has 0 unspecified atom stereocenters. The molecule has 102 valence electrons. The van der Waals surface area contributed by atoms with Gasteiger partial charge in [-0.15, -0.1) is 0 Å². The van der Waals surface area contributed by atoms with E-state index in [-0.39, 0.29) is 27.6 Å². The average Bonchev–Trinajstić information content (AvgIpc) is 2.41. The van der Waals surface area contributed by atoms with Gasteiger partial charge in [0.25, 0.3) is 5.91 Å². The Labute approximate surface area is 118 Å². The zero-order valence-electron chi connectivity index (χ0n) is 10.0. The van der Waals surface area contributed by atoms with Crippen LogP contribution in [-0.4, -0.2) is 27.1 Å². The predicted molar refractivity (Wildman–Crippen MR) is 72.3 cm³/mol. The summed E-state index contributed by atoms with van der Waals surface area (Å²) in [6.07, 6.45) is 2.75. The minimum Gasteiger partial charge on any atom is -0.507 e. The third-order valence-electron chi connectivity index (χ3n) is 2.50. The maximum absolute atomic E-state index is 12.0. The van der Waals surface area contributed by atoms with Gasteiger partial charge in [-0.05, 0) is 24.3 Å². The first-order valence-electron chi connectivity index (χ1n) is 5.46. The summed E-state index contributed by atoms with van der Waals surface area (Å²) in [5.74, 6) is -2.20. The number of benzene rings is 1. The zero-order chi connectivity index (χ0) is 14.7. The molecule has 0 spiro atoms. The Balaban J connectivity index is 2.27. The van der Waals surface area contributed by atoms with E-state index in [1.165, 1.54) is 30.6 Å². The minimum absolute atomic E-state index is 0.166. The predicted octanol–water partition coefficient (Wildman–Crippen LogP) is 2.39. The smallest absolute Gasteiger partial charge is 0.339 e. The number of aromatic hydroxyl groups is 1. The fraction of sp³-hybridized carbons (Fsp3) is 0. The van der Waals surface area contributed by atoms with Crippen LogP contribution in [0.15, 0.2) is 36.7 Å². The van der Waals surface area contributed by atoms with Crippen molar-refractivity contribution in [3.63, 3.8) is 0 Å². The molecule has 1 aromatic carbocycles. The van der Waals surface area contributed by atoms with Crippen LogP contribution in [0.25, 0.3) is 0 Å². The molecule has 1 heterocycles. The van der Waals surface area contributed by atoms with Crippen molar-refractivity contribution >= 4 is 29.2 Å². The zero-order valence-corrected chi connectivity index (χ0v) is 10.8. The number of hydrogen-bond acceptors (Lipinski definition) is 4. The number of carboxylic acid groups (broad SMARTS) is 1. The topological polar surface area (TPSA) is 99.5 Å². The van der Waals surface area contributed by atoms with Gasteiger partial charge in [0, 0.05) is 18.1 Å². The number of amides is 1. The number of aromatic carboxylic acids is 1. The highest BCUT2D eigenvalue weighted by Gasteiger charge is 2.14. The quantitative estimate of drug-likeness (QED) is 0.754. The Morgan fingerprint density at radius 1 is 1.20 bits per heavy atom.